The average Bonchev–Trinajstić information content (AvgIpc) is 3.28. The Morgan fingerprint density at radius 2 is 2.00 bits per heavy atom. The molecule has 7 nitrogen and oxygen atoms in total. The van der Waals surface area contributed by atoms with Crippen LogP contribution in [0.1, 0.15) is 37.3 Å². The lowest BCUT2D eigenvalue weighted by molar-refractivity contribution is 0.0839. The van der Waals surface area contributed by atoms with E-state index in [1.54, 1.807) is 0 Å². The zero-order valence-electron chi connectivity index (χ0n) is 14.8. The molecule has 0 amide bonds. The van der Waals surface area contributed by atoms with Crippen LogP contribution in [0.2, 0.25) is 0 Å². The molecule has 0 unspecified atom stereocenters. The summed E-state index contributed by atoms with van der Waals surface area (Å²) in [5.41, 5.74) is 2.13. The number of hydrogen-bond acceptors (Lipinski definition) is 6. The monoisotopic (exact) mass is 340 g/mol. The van der Waals surface area contributed by atoms with Gasteiger partial charge in [0.15, 0.2) is 5.82 Å². The topological polar surface area (TPSA) is 62.7 Å². The number of imidazole rings is 1. The summed E-state index contributed by atoms with van der Waals surface area (Å²) in [7, 11) is 0. The van der Waals surface area contributed by atoms with Crippen molar-refractivity contribution in [2.45, 2.75) is 32.9 Å². The normalized spacial score (nSPS) is 18.0. The highest BCUT2D eigenvalue weighted by Crippen LogP contribution is 2.21. The SMILES string of the molecule is CCc1noc([C@H](C)N2CCN(Cc3cn4ccccc4n3)CC2)n1. The van der Waals surface area contributed by atoms with Gasteiger partial charge in [0.25, 0.3) is 0 Å². The molecule has 1 fully saturated rings. The molecule has 3 aromatic rings. The van der Waals surface area contributed by atoms with Crippen LogP contribution in [0.3, 0.4) is 0 Å². The predicted molar refractivity (Wildman–Crippen MR) is 94.1 cm³/mol. The predicted octanol–water partition coefficient (Wildman–Crippen LogP) is 2.16. The lowest BCUT2D eigenvalue weighted by Gasteiger charge is -2.36. The summed E-state index contributed by atoms with van der Waals surface area (Å²) in [5.74, 6) is 1.51. The molecule has 7 heteroatoms. The molecule has 1 aliphatic heterocycles. The smallest absolute Gasteiger partial charge is 0.243 e. The van der Waals surface area contributed by atoms with Gasteiger partial charge in [-0.05, 0) is 19.1 Å². The Morgan fingerprint density at radius 3 is 2.72 bits per heavy atom. The number of piperazine rings is 1. The molecule has 0 aromatic carbocycles. The third-order valence-electron chi connectivity index (χ3n) is 4.91. The van der Waals surface area contributed by atoms with Gasteiger partial charge in [-0.15, -0.1) is 0 Å². The number of aryl methyl sites for hydroxylation is 1. The Labute approximate surface area is 147 Å². The number of pyridine rings is 1. The summed E-state index contributed by atoms with van der Waals surface area (Å²) < 4.78 is 7.48. The molecule has 0 spiro atoms. The van der Waals surface area contributed by atoms with E-state index < -0.39 is 0 Å². The van der Waals surface area contributed by atoms with Crippen LogP contribution in [0.5, 0.6) is 0 Å². The van der Waals surface area contributed by atoms with Crippen molar-refractivity contribution >= 4 is 5.65 Å². The Kier molecular flexibility index (Phi) is 4.50. The maximum Gasteiger partial charge on any atom is 0.243 e. The molecule has 0 N–H and O–H groups in total. The van der Waals surface area contributed by atoms with E-state index in [1.165, 1.54) is 0 Å². The van der Waals surface area contributed by atoms with Gasteiger partial charge in [-0.2, -0.15) is 4.98 Å². The van der Waals surface area contributed by atoms with Crippen molar-refractivity contribution in [1.82, 2.24) is 29.3 Å². The standard InChI is InChI=1S/C18H24N6O/c1-3-16-20-18(25-21-16)14(2)23-10-8-22(9-11-23)12-15-13-24-7-5-4-6-17(24)19-15/h4-7,13-14H,3,8-12H2,1-2H3/t14-/m0/s1. The summed E-state index contributed by atoms with van der Waals surface area (Å²) in [5, 5.41) is 4.01. The maximum absolute atomic E-state index is 5.40. The summed E-state index contributed by atoms with van der Waals surface area (Å²) in [4.78, 5) is 14.0. The molecular weight excluding hydrogens is 316 g/mol. The molecule has 132 valence electrons. The summed E-state index contributed by atoms with van der Waals surface area (Å²) in [6, 6.07) is 6.26. The van der Waals surface area contributed by atoms with Crippen LogP contribution in [-0.4, -0.2) is 55.5 Å². The van der Waals surface area contributed by atoms with E-state index >= 15 is 0 Å². The third kappa shape index (κ3) is 3.43. The maximum atomic E-state index is 5.40. The van der Waals surface area contributed by atoms with Crippen molar-refractivity contribution in [2.24, 2.45) is 0 Å². The van der Waals surface area contributed by atoms with Crippen molar-refractivity contribution < 1.29 is 4.52 Å². The molecule has 25 heavy (non-hydrogen) atoms. The number of fused-ring (bicyclic) bond motifs is 1. The van der Waals surface area contributed by atoms with Gasteiger partial charge in [0.05, 0.1) is 11.7 Å². The fraction of sp³-hybridized carbons (Fsp3) is 0.500. The van der Waals surface area contributed by atoms with Gasteiger partial charge in [0.1, 0.15) is 5.65 Å². The lowest BCUT2D eigenvalue weighted by Crippen LogP contribution is -2.46. The first-order chi connectivity index (χ1) is 12.2. The molecule has 4 rings (SSSR count). The van der Waals surface area contributed by atoms with Crippen LogP contribution >= 0.6 is 0 Å². The molecule has 4 heterocycles. The Bertz CT molecular complexity index is 800. The van der Waals surface area contributed by atoms with Gasteiger partial charge < -0.3 is 8.92 Å². The third-order valence-corrected chi connectivity index (χ3v) is 4.91. The van der Waals surface area contributed by atoms with E-state index in [0.717, 1.165) is 62.2 Å². The van der Waals surface area contributed by atoms with Crippen molar-refractivity contribution in [3.05, 3.63) is 48.0 Å². The van der Waals surface area contributed by atoms with E-state index in [9.17, 15) is 0 Å². The summed E-state index contributed by atoms with van der Waals surface area (Å²) in [6.45, 7) is 9.11. The van der Waals surface area contributed by atoms with Crippen molar-refractivity contribution in [3.8, 4) is 0 Å². The Balaban J connectivity index is 1.34. The van der Waals surface area contributed by atoms with Crippen LogP contribution in [0.4, 0.5) is 0 Å². The minimum atomic E-state index is 0.171. The number of nitrogens with zero attached hydrogens (tertiary/aromatic N) is 6. The van der Waals surface area contributed by atoms with Crippen molar-refractivity contribution in [2.75, 3.05) is 26.2 Å². The van der Waals surface area contributed by atoms with Crippen LogP contribution in [0.25, 0.3) is 5.65 Å². The molecule has 0 radical (unpaired) electrons. The molecular formula is C18H24N6O. The van der Waals surface area contributed by atoms with Crippen LogP contribution < -0.4 is 0 Å². The zero-order valence-corrected chi connectivity index (χ0v) is 14.8. The van der Waals surface area contributed by atoms with E-state index in [4.69, 9.17) is 9.51 Å². The minimum Gasteiger partial charge on any atom is -0.338 e. The molecule has 0 saturated carbocycles. The van der Waals surface area contributed by atoms with Gasteiger partial charge in [0.2, 0.25) is 5.89 Å². The quantitative estimate of drug-likeness (QED) is 0.709. The minimum absolute atomic E-state index is 0.171. The second-order valence-corrected chi connectivity index (χ2v) is 6.59. The summed E-state index contributed by atoms with van der Waals surface area (Å²) in [6.07, 6.45) is 4.97. The highest BCUT2D eigenvalue weighted by atomic mass is 16.5. The van der Waals surface area contributed by atoms with E-state index in [1.807, 2.05) is 31.3 Å². The average molecular weight is 340 g/mol. The first kappa shape index (κ1) is 16.2. The first-order valence-electron chi connectivity index (χ1n) is 8.94. The zero-order chi connectivity index (χ0) is 17.2. The fourth-order valence-corrected chi connectivity index (χ4v) is 3.34. The van der Waals surface area contributed by atoms with Gasteiger partial charge in [0, 0.05) is 51.5 Å². The number of rotatable bonds is 5. The lowest BCUT2D eigenvalue weighted by atomic mass is 10.2. The first-order valence-corrected chi connectivity index (χ1v) is 8.94. The van der Waals surface area contributed by atoms with Crippen molar-refractivity contribution in [3.63, 3.8) is 0 Å². The molecule has 1 aliphatic rings. The Morgan fingerprint density at radius 1 is 1.16 bits per heavy atom. The van der Waals surface area contributed by atoms with E-state index in [-0.39, 0.29) is 6.04 Å². The highest BCUT2D eigenvalue weighted by Gasteiger charge is 2.25. The number of aromatic nitrogens is 4. The molecule has 1 atom stereocenters. The van der Waals surface area contributed by atoms with E-state index in [0.29, 0.717) is 0 Å². The number of hydrogen-bond donors (Lipinski definition) is 0. The van der Waals surface area contributed by atoms with Crippen LogP contribution in [0.15, 0.2) is 35.1 Å². The molecule has 1 saturated heterocycles. The molecule has 0 bridgehead atoms. The van der Waals surface area contributed by atoms with Gasteiger partial charge in [-0.3, -0.25) is 9.80 Å². The fourth-order valence-electron chi connectivity index (χ4n) is 3.34. The highest BCUT2D eigenvalue weighted by molar-refractivity contribution is 5.39. The Hall–Kier alpha value is -2.25. The van der Waals surface area contributed by atoms with Crippen LogP contribution in [-0.2, 0) is 13.0 Å². The largest absolute Gasteiger partial charge is 0.338 e. The van der Waals surface area contributed by atoms with Gasteiger partial charge in [-0.1, -0.05) is 18.1 Å². The molecule has 0 aliphatic carbocycles. The van der Waals surface area contributed by atoms with Gasteiger partial charge in [-0.25, -0.2) is 4.98 Å². The summed E-state index contributed by atoms with van der Waals surface area (Å²) >= 11 is 0. The van der Waals surface area contributed by atoms with Crippen LogP contribution in [0, 0.1) is 0 Å². The second-order valence-electron chi connectivity index (χ2n) is 6.59. The van der Waals surface area contributed by atoms with E-state index in [2.05, 4.69) is 37.5 Å². The second kappa shape index (κ2) is 6.93. The van der Waals surface area contributed by atoms with Gasteiger partial charge >= 0.3 is 0 Å². The van der Waals surface area contributed by atoms with Crippen molar-refractivity contribution in [1.29, 1.82) is 0 Å². The molecule has 3 aromatic heterocycles.